The Labute approximate surface area is 131 Å². The third-order valence-corrected chi connectivity index (χ3v) is 3.96. The van der Waals surface area contributed by atoms with Gasteiger partial charge < -0.3 is 14.8 Å². The maximum atomic E-state index is 5.35. The van der Waals surface area contributed by atoms with Gasteiger partial charge in [0.2, 0.25) is 0 Å². The Hall–Kier alpha value is -2.07. The average molecular weight is 298 g/mol. The molecule has 0 saturated heterocycles. The molecule has 0 radical (unpaired) electrons. The number of rotatable bonds is 7. The van der Waals surface area contributed by atoms with E-state index in [1.54, 1.807) is 14.2 Å². The minimum atomic E-state index is 0.601. The van der Waals surface area contributed by atoms with E-state index in [-0.39, 0.29) is 0 Å². The molecule has 0 spiro atoms. The molecule has 0 amide bonds. The van der Waals surface area contributed by atoms with Crippen molar-refractivity contribution in [3.63, 3.8) is 0 Å². The maximum Gasteiger partial charge on any atom is 0.126 e. The highest BCUT2D eigenvalue weighted by molar-refractivity contribution is 5.43. The fraction of sp³-hybridized carbons (Fsp3) is 0.389. The molecular weight excluding hydrogens is 276 g/mol. The van der Waals surface area contributed by atoms with Gasteiger partial charge in [0.1, 0.15) is 11.6 Å². The highest BCUT2D eigenvalue weighted by atomic mass is 16.5. The van der Waals surface area contributed by atoms with Crippen LogP contribution in [0.1, 0.15) is 35.4 Å². The summed E-state index contributed by atoms with van der Waals surface area (Å²) in [6.07, 6.45) is 4.39. The van der Waals surface area contributed by atoms with Crippen LogP contribution in [0.2, 0.25) is 0 Å². The molecule has 1 saturated carbocycles. The first kappa shape index (κ1) is 14.9. The number of benzene rings is 1. The summed E-state index contributed by atoms with van der Waals surface area (Å²) in [5.41, 5.74) is 3.84. The molecule has 1 aliphatic carbocycles. The molecule has 2 aromatic rings. The topological polar surface area (TPSA) is 43.4 Å². The summed E-state index contributed by atoms with van der Waals surface area (Å²) in [4.78, 5) is 4.37. The second-order valence-corrected chi connectivity index (χ2v) is 5.67. The van der Waals surface area contributed by atoms with Crippen molar-refractivity contribution in [3.05, 3.63) is 53.2 Å². The average Bonchev–Trinajstić information content (AvgIpc) is 3.38. The van der Waals surface area contributed by atoms with E-state index in [2.05, 4.69) is 28.5 Å². The number of pyridine rings is 1. The van der Waals surface area contributed by atoms with Gasteiger partial charge in [-0.2, -0.15) is 0 Å². The number of hydrogen-bond donors (Lipinski definition) is 1. The standard InChI is InChI=1S/C18H22N2O2/c1-21-12-13-7-8-19-18(9-13)20-11-15-10-16(22-2)5-6-17(15)14-3-4-14/h5-10,14H,3-4,11-12H2,1-2H3,(H,19,20). The van der Waals surface area contributed by atoms with Crippen molar-refractivity contribution in [1.82, 2.24) is 4.98 Å². The van der Waals surface area contributed by atoms with Crippen molar-refractivity contribution in [3.8, 4) is 5.75 Å². The second-order valence-electron chi connectivity index (χ2n) is 5.67. The van der Waals surface area contributed by atoms with Crippen LogP contribution < -0.4 is 10.1 Å². The van der Waals surface area contributed by atoms with Crippen molar-refractivity contribution >= 4 is 5.82 Å². The Morgan fingerprint density at radius 2 is 2.05 bits per heavy atom. The largest absolute Gasteiger partial charge is 0.497 e. The first-order valence-corrected chi connectivity index (χ1v) is 7.64. The van der Waals surface area contributed by atoms with Crippen LogP contribution in [0.5, 0.6) is 5.75 Å². The molecule has 3 rings (SSSR count). The molecule has 116 valence electrons. The zero-order valence-electron chi connectivity index (χ0n) is 13.1. The van der Waals surface area contributed by atoms with E-state index in [1.165, 1.54) is 24.0 Å². The van der Waals surface area contributed by atoms with E-state index in [4.69, 9.17) is 9.47 Å². The van der Waals surface area contributed by atoms with Crippen molar-refractivity contribution in [2.45, 2.75) is 31.9 Å². The van der Waals surface area contributed by atoms with E-state index in [1.807, 2.05) is 18.3 Å². The number of aromatic nitrogens is 1. The molecule has 0 aliphatic heterocycles. The van der Waals surface area contributed by atoms with E-state index in [9.17, 15) is 0 Å². The quantitative estimate of drug-likeness (QED) is 0.846. The molecule has 1 aliphatic rings. The Morgan fingerprint density at radius 1 is 1.18 bits per heavy atom. The predicted molar refractivity (Wildman–Crippen MR) is 87.2 cm³/mol. The number of hydrogen-bond acceptors (Lipinski definition) is 4. The predicted octanol–water partition coefficient (Wildman–Crippen LogP) is 3.73. The zero-order chi connectivity index (χ0) is 15.4. The Kier molecular flexibility index (Phi) is 4.59. The van der Waals surface area contributed by atoms with Crippen molar-refractivity contribution < 1.29 is 9.47 Å². The fourth-order valence-electron chi connectivity index (χ4n) is 2.67. The lowest BCUT2D eigenvalue weighted by molar-refractivity contribution is 0.185. The summed E-state index contributed by atoms with van der Waals surface area (Å²) in [7, 11) is 3.41. The van der Waals surface area contributed by atoms with Crippen LogP contribution in [0.25, 0.3) is 0 Å². The molecule has 4 heteroatoms. The van der Waals surface area contributed by atoms with Gasteiger partial charge in [0, 0.05) is 19.9 Å². The van der Waals surface area contributed by atoms with Gasteiger partial charge in [0.25, 0.3) is 0 Å². The SMILES string of the molecule is COCc1ccnc(NCc2cc(OC)ccc2C2CC2)c1. The maximum absolute atomic E-state index is 5.35. The van der Waals surface area contributed by atoms with Crippen LogP contribution in [-0.4, -0.2) is 19.2 Å². The summed E-state index contributed by atoms with van der Waals surface area (Å²) in [6.45, 7) is 1.36. The molecule has 1 fully saturated rings. The third kappa shape index (κ3) is 3.57. The normalized spacial score (nSPS) is 13.9. The zero-order valence-corrected chi connectivity index (χ0v) is 13.1. The molecule has 0 atom stereocenters. The molecular formula is C18H22N2O2. The van der Waals surface area contributed by atoms with Gasteiger partial charge in [-0.1, -0.05) is 6.07 Å². The summed E-state index contributed by atoms with van der Waals surface area (Å²) in [5.74, 6) is 2.50. The van der Waals surface area contributed by atoms with Crippen LogP contribution in [0, 0.1) is 0 Å². The lowest BCUT2D eigenvalue weighted by atomic mass is 10.0. The van der Waals surface area contributed by atoms with Gasteiger partial charge in [-0.3, -0.25) is 0 Å². The van der Waals surface area contributed by atoms with Gasteiger partial charge in [0.05, 0.1) is 13.7 Å². The van der Waals surface area contributed by atoms with Gasteiger partial charge in [-0.15, -0.1) is 0 Å². The first-order chi connectivity index (χ1) is 10.8. The Balaban J connectivity index is 1.74. The first-order valence-electron chi connectivity index (χ1n) is 7.64. The molecule has 0 unspecified atom stereocenters. The summed E-state index contributed by atoms with van der Waals surface area (Å²) < 4.78 is 10.5. The van der Waals surface area contributed by atoms with Gasteiger partial charge in [0.15, 0.2) is 0 Å². The summed E-state index contributed by atoms with van der Waals surface area (Å²) >= 11 is 0. The molecule has 1 heterocycles. The van der Waals surface area contributed by atoms with E-state index >= 15 is 0 Å². The van der Waals surface area contributed by atoms with Crippen molar-refractivity contribution in [1.29, 1.82) is 0 Å². The third-order valence-electron chi connectivity index (χ3n) is 3.96. The Morgan fingerprint density at radius 3 is 2.77 bits per heavy atom. The second kappa shape index (κ2) is 6.79. The minimum absolute atomic E-state index is 0.601. The molecule has 0 bridgehead atoms. The van der Waals surface area contributed by atoms with Crippen molar-refractivity contribution in [2.24, 2.45) is 0 Å². The van der Waals surface area contributed by atoms with Gasteiger partial charge in [-0.25, -0.2) is 4.98 Å². The van der Waals surface area contributed by atoms with Gasteiger partial charge in [-0.05, 0) is 59.7 Å². The van der Waals surface area contributed by atoms with Crippen LogP contribution >= 0.6 is 0 Å². The van der Waals surface area contributed by atoms with Crippen LogP contribution in [0.4, 0.5) is 5.82 Å². The number of ether oxygens (including phenoxy) is 2. The molecule has 1 N–H and O–H groups in total. The van der Waals surface area contributed by atoms with E-state index < -0.39 is 0 Å². The number of nitrogens with zero attached hydrogens (tertiary/aromatic N) is 1. The minimum Gasteiger partial charge on any atom is -0.497 e. The number of anilines is 1. The number of methoxy groups -OCH3 is 2. The molecule has 1 aromatic carbocycles. The van der Waals surface area contributed by atoms with Crippen LogP contribution in [0.3, 0.4) is 0 Å². The number of nitrogens with one attached hydrogen (secondary N) is 1. The fourth-order valence-corrected chi connectivity index (χ4v) is 2.67. The molecule has 22 heavy (non-hydrogen) atoms. The molecule has 4 nitrogen and oxygen atoms in total. The highest BCUT2D eigenvalue weighted by Crippen LogP contribution is 2.42. The van der Waals surface area contributed by atoms with Crippen molar-refractivity contribution in [2.75, 3.05) is 19.5 Å². The lowest BCUT2D eigenvalue weighted by Gasteiger charge is -2.13. The summed E-state index contributed by atoms with van der Waals surface area (Å²) in [6, 6.07) is 10.4. The van der Waals surface area contributed by atoms with Crippen LogP contribution in [-0.2, 0) is 17.9 Å². The van der Waals surface area contributed by atoms with Crippen LogP contribution in [0.15, 0.2) is 36.5 Å². The Bertz CT molecular complexity index is 639. The molecule has 1 aromatic heterocycles. The lowest BCUT2D eigenvalue weighted by Crippen LogP contribution is -2.05. The monoisotopic (exact) mass is 298 g/mol. The van der Waals surface area contributed by atoms with E-state index in [0.717, 1.165) is 29.6 Å². The smallest absolute Gasteiger partial charge is 0.126 e. The summed E-state index contributed by atoms with van der Waals surface area (Å²) in [5, 5.41) is 3.41. The highest BCUT2D eigenvalue weighted by Gasteiger charge is 2.26. The van der Waals surface area contributed by atoms with E-state index in [0.29, 0.717) is 6.61 Å². The van der Waals surface area contributed by atoms with Gasteiger partial charge >= 0.3 is 0 Å².